The molecule has 0 radical (unpaired) electrons. The summed E-state index contributed by atoms with van der Waals surface area (Å²) in [5, 5.41) is 0. The molecule has 0 saturated carbocycles. The lowest BCUT2D eigenvalue weighted by molar-refractivity contribution is -0.292. The molecule has 0 amide bonds. The zero-order chi connectivity index (χ0) is 17.8. The van der Waals surface area contributed by atoms with Crippen LogP contribution in [0.5, 0.6) is 0 Å². The van der Waals surface area contributed by atoms with Crippen molar-refractivity contribution in [2.45, 2.75) is 26.1 Å². The molecule has 23 heavy (non-hydrogen) atoms. The van der Waals surface area contributed by atoms with Crippen molar-refractivity contribution in [2.75, 3.05) is 6.79 Å². The van der Waals surface area contributed by atoms with Gasteiger partial charge in [0.2, 0.25) is 6.79 Å². The fraction of sp³-hybridized carbons (Fsp3) is 0.385. The lowest BCUT2D eigenvalue weighted by Gasteiger charge is -2.12. The number of ether oxygens (including phenoxy) is 2. The molecule has 0 fully saturated rings. The van der Waals surface area contributed by atoms with E-state index in [1.807, 2.05) is 0 Å². The van der Waals surface area contributed by atoms with Crippen molar-refractivity contribution >= 4 is 23.9 Å². The van der Waals surface area contributed by atoms with E-state index < -0.39 is 42.9 Å². The highest BCUT2D eigenvalue weighted by molar-refractivity contribution is 5.81. The Balaban J connectivity index is 3.99. The van der Waals surface area contributed by atoms with Crippen LogP contribution in [-0.4, -0.2) is 42.9 Å². The van der Waals surface area contributed by atoms with Crippen molar-refractivity contribution in [1.29, 1.82) is 0 Å². The molecule has 0 bridgehead atoms. The summed E-state index contributed by atoms with van der Waals surface area (Å²) >= 11 is 0. The predicted molar refractivity (Wildman–Crippen MR) is 70.7 cm³/mol. The Morgan fingerprint density at radius 1 is 0.826 bits per heavy atom. The summed E-state index contributed by atoms with van der Waals surface area (Å²) in [6.45, 7) is 7.97. The summed E-state index contributed by atoms with van der Waals surface area (Å²) < 4.78 is 9.07. The predicted octanol–water partition coefficient (Wildman–Crippen LogP) is 0.129. The van der Waals surface area contributed by atoms with Crippen molar-refractivity contribution in [3.05, 3.63) is 25.3 Å². The van der Waals surface area contributed by atoms with Gasteiger partial charge in [0, 0.05) is 12.2 Å². The molecule has 0 aliphatic heterocycles. The van der Waals surface area contributed by atoms with Gasteiger partial charge in [-0.15, -0.1) is 0 Å². The first-order valence-corrected chi connectivity index (χ1v) is 6.14. The van der Waals surface area contributed by atoms with Crippen molar-refractivity contribution in [1.82, 2.24) is 0 Å². The van der Waals surface area contributed by atoms with Gasteiger partial charge in [-0.05, 0) is 13.8 Å². The third kappa shape index (κ3) is 9.01. The highest BCUT2D eigenvalue weighted by atomic mass is 17.2. The second-order valence-electron chi connectivity index (χ2n) is 3.73. The molecule has 128 valence electrons. The average molecular weight is 332 g/mol. The Labute approximate surface area is 131 Å². The Hall–Kier alpha value is -2.72. The van der Waals surface area contributed by atoms with E-state index in [0.717, 1.165) is 12.2 Å². The molecule has 0 aromatic heterocycles. The number of carbonyl (C=O) groups is 4. The summed E-state index contributed by atoms with van der Waals surface area (Å²) in [5.74, 6) is -3.70. The molecule has 0 N–H and O–H groups in total. The first-order chi connectivity index (χ1) is 10.8. The largest absolute Gasteiger partial charge is 0.426 e. The maximum Gasteiger partial charge on any atom is 0.365 e. The van der Waals surface area contributed by atoms with E-state index in [1.165, 1.54) is 13.8 Å². The van der Waals surface area contributed by atoms with Crippen LogP contribution in [-0.2, 0) is 48.2 Å². The second-order valence-corrected chi connectivity index (χ2v) is 3.73. The van der Waals surface area contributed by atoms with Crippen LogP contribution in [0.25, 0.3) is 0 Å². The quantitative estimate of drug-likeness (QED) is 0.179. The summed E-state index contributed by atoms with van der Waals surface area (Å²) in [6.07, 6.45) is -0.833. The van der Waals surface area contributed by atoms with Gasteiger partial charge in [0.05, 0.1) is 0 Å². The van der Waals surface area contributed by atoms with E-state index in [9.17, 15) is 19.2 Å². The number of rotatable bonds is 10. The molecular formula is C13H16O10. The molecule has 10 nitrogen and oxygen atoms in total. The smallest absolute Gasteiger partial charge is 0.365 e. The van der Waals surface area contributed by atoms with Crippen LogP contribution in [0, 0.1) is 0 Å². The topological polar surface area (TPSA) is 124 Å². The Bertz CT molecular complexity index is 427. The van der Waals surface area contributed by atoms with E-state index >= 15 is 0 Å². The average Bonchev–Trinajstić information content (AvgIpc) is 2.56. The van der Waals surface area contributed by atoms with Crippen molar-refractivity contribution in [2.24, 2.45) is 0 Å². The molecule has 0 aliphatic carbocycles. The fourth-order valence-corrected chi connectivity index (χ4v) is 0.766. The van der Waals surface area contributed by atoms with Crippen LogP contribution in [0.3, 0.4) is 0 Å². The summed E-state index contributed by atoms with van der Waals surface area (Å²) in [7, 11) is 0. The first-order valence-electron chi connectivity index (χ1n) is 6.14. The van der Waals surface area contributed by atoms with Crippen LogP contribution in [0.1, 0.15) is 13.8 Å². The van der Waals surface area contributed by atoms with Crippen LogP contribution >= 0.6 is 0 Å². The first kappa shape index (κ1) is 20.3. The minimum Gasteiger partial charge on any atom is -0.426 e. The van der Waals surface area contributed by atoms with Crippen molar-refractivity contribution in [3.63, 3.8) is 0 Å². The standard InChI is InChI=1S/C13H16O10/c1-5-10(14)22-20-8(3)12(16)18-7-19-13(17)9(4)21-23-11(15)6-2/h5-6,8-9H,1-2,7H2,3-4H3. The minimum absolute atomic E-state index is 0.746. The fourth-order valence-electron chi connectivity index (χ4n) is 0.766. The Morgan fingerprint density at radius 3 is 1.48 bits per heavy atom. The van der Waals surface area contributed by atoms with Gasteiger partial charge in [-0.25, -0.2) is 19.2 Å². The lowest BCUT2D eigenvalue weighted by atomic mass is 10.4. The third-order valence-corrected chi connectivity index (χ3v) is 1.95. The van der Waals surface area contributed by atoms with Gasteiger partial charge in [-0.2, -0.15) is 9.78 Å². The number of esters is 2. The number of hydrogen-bond acceptors (Lipinski definition) is 10. The zero-order valence-electron chi connectivity index (χ0n) is 12.5. The summed E-state index contributed by atoms with van der Waals surface area (Å²) in [5.41, 5.74) is 0. The molecule has 10 heteroatoms. The number of hydrogen-bond donors (Lipinski definition) is 0. The van der Waals surface area contributed by atoms with E-state index in [-0.39, 0.29) is 0 Å². The van der Waals surface area contributed by atoms with E-state index in [2.05, 4.69) is 42.2 Å². The summed E-state index contributed by atoms with van der Waals surface area (Å²) in [6, 6.07) is 0. The molecule has 0 saturated heterocycles. The highest BCUT2D eigenvalue weighted by Crippen LogP contribution is 2.00. The SMILES string of the molecule is C=CC(=O)OOC(C)C(=O)OCOC(=O)C(C)OOC(=O)C=C. The molecule has 2 atom stereocenters. The molecule has 0 aliphatic rings. The van der Waals surface area contributed by atoms with Gasteiger partial charge in [0.1, 0.15) is 0 Å². The third-order valence-electron chi connectivity index (χ3n) is 1.95. The van der Waals surface area contributed by atoms with Gasteiger partial charge in [0.15, 0.2) is 12.2 Å². The maximum absolute atomic E-state index is 11.4. The van der Waals surface area contributed by atoms with Gasteiger partial charge in [-0.1, -0.05) is 13.2 Å². The van der Waals surface area contributed by atoms with E-state index in [1.54, 1.807) is 0 Å². The van der Waals surface area contributed by atoms with Crippen molar-refractivity contribution in [3.8, 4) is 0 Å². The highest BCUT2D eigenvalue weighted by Gasteiger charge is 2.21. The normalized spacial score (nSPS) is 12.3. The summed E-state index contributed by atoms with van der Waals surface area (Å²) in [4.78, 5) is 61.3. The zero-order valence-corrected chi connectivity index (χ0v) is 12.5. The molecule has 0 heterocycles. The van der Waals surface area contributed by atoms with Crippen LogP contribution in [0.4, 0.5) is 0 Å². The number of carbonyl (C=O) groups excluding carboxylic acids is 4. The van der Waals surface area contributed by atoms with Gasteiger partial charge < -0.3 is 9.47 Å². The van der Waals surface area contributed by atoms with E-state index in [4.69, 9.17) is 0 Å². The van der Waals surface area contributed by atoms with Crippen LogP contribution in [0.15, 0.2) is 25.3 Å². The van der Waals surface area contributed by atoms with Gasteiger partial charge in [0.25, 0.3) is 0 Å². The Kier molecular flexibility index (Phi) is 9.64. The molecule has 0 aromatic rings. The lowest BCUT2D eigenvalue weighted by Crippen LogP contribution is -2.29. The molecule has 2 unspecified atom stereocenters. The van der Waals surface area contributed by atoms with Crippen molar-refractivity contribution < 1.29 is 48.2 Å². The van der Waals surface area contributed by atoms with Gasteiger partial charge in [-0.3, -0.25) is 9.78 Å². The van der Waals surface area contributed by atoms with Crippen LogP contribution < -0.4 is 0 Å². The molecule has 0 rings (SSSR count). The molecular weight excluding hydrogens is 316 g/mol. The maximum atomic E-state index is 11.4. The van der Waals surface area contributed by atoms with Crippen LogP contribution in [0.2, 0.25) is 0 Å². The Morgan fingerprint density at radius 2 is 1.17 bits per heavy atom. The molecule has 0 aromatic carbocycles. The minimum atomic E-state index is -1.25. The van der Waals surface area contributed by atoms with Gasteiger partial charge >= 0.3 is 23.9 Å². The second kappa shape index (κ2) is 10.9. The molecule has 0 spiro atoms. The monoisotopic (exact) mass is 332 g/mol. The van der Waals surface area contributed by atoms with E-state index in [0.29, 0.717) is 0 Å².